The third-order valence-corrected chi connectivity index (χ3v) is 3.77. The first-order chi connectivity index (χ1) is 9.13. The van der Waals surface area contributed by atoms with Gasteiger partial charge in [-0.25, -0.2) is 0 Å². The number of hydrogen-bond donors (Lipinski definition) is 2. The Balaban J connectivity index is 2.23. The van der Waals surface area contributed by atoms with Crippen molar-refractivity contribution in [3.05, 3.63) is 29.3 Å². The third-order valence-electron chi connectivity index (χ3n) is 3.77. The second-order valence-electron chi connectivity index (χ2n) is 5.25. The van der Waals surface area contributed by atoms with Gasteiger partial charge in [-0.3, -0.25) is 4.79 Å². The Labute approximate surface area is 114 Å². The van der Waals surface area contributed by atoms with Crippen LogP contribution >= 0.6 is 0 Å². The second-order valence-corrected chi connectivity index (χ2v) is 5.25. The lowest BCUT2D eigenvalue weighted by molar-refractivity contribution is 0.0602. The maximum absolute atomic E-state index is 12.6. The summed E-state index contributed by atoms with van der Waals surface area (Å²) in [7, 11) is 0. The Morgan fingerprint density at radius 2 is 2.26 bits per heavy atom. The minimum absolute atomic E-state index is 0.0627. The molecule has 0 aliphatic carbocycles. The zero-order valence-electron chi connectivity index (χ0n) is 11.4. The Hall–Kier alpha value is -1.55. The highest BCUT2D eigenvalue weighted by Gasteiger charge is 2.28. The van der Waals surface area contributed by atoms with Gasteiger partial charge in [0.15, 0.2) is 0 Å². The van der Waals surface area contributed by atoms with Crippen LogP contribution < -0.4 is 5.73 Å². The highest BCUT2D eigenvalue weighted by atomic mass is 16.3. The zero-order chi connectivity index (χ0) is 13.8. The fourth-order valence-corrected chi connectivity index (χ4v) is 2.74. The number of piperidine rings is 1. The van der Waals surface area contributed by atoms with Crippen molar-refractivity contribution in [2.75, 3.05) is 13.1 Å². The Bertz CT molecular complexity index is 457. The van der Waals surface area contributed by atoms with E-state index in [0.29, 0.717) is 12.1 Å². The van der Waals surface area contributed by atoms with Crippen LogP contribution in [0.4, 0.5) is 0 Å². The van der Waals surface area contributed by atoms with E-state index < -0.39 is 0 Å². The van der Waals surface area contributed by atoms with Crippen LogP contribution in [0, 0.1) is 6.92 Å². The maximum Gasteiger partial charge on any atom is 0.257 e. The van der Waals surface area contributed by atoms with Crippen molar-refractivity contribution in [3.8, 4) is 5.75 Å². The molecule has 2 rings (SSSR count). The Kier molecular flexibility index (Phi) is 4.43. The molecular formula is C15H22N2O2. The highest BCUT2D eigenvalue weighted by Crippen LogP contribution is 2.25. The molecule has 1 amide bonds. The van der Waals surface area contributed by atoms with Crippen LogP contribution in [-0.2, 0) is 0 Å². The first-order valence-corrected chi connectivity index (χ1v) is 6.94. The predicted molar refractivity (Wildman–Crippen MR) is 75.2 cm³/mol. The number of benzene rings is 1. The molecule has 0 spiro atoms. The molecule has 4 heteroatoms. The second kappa shape index (κ2) is 6.06. The van der Waals surface area contributed by atoms with Crippen LogP contribution in [0.5, 0.6) is 5.75 Å². The number of aryl methyl sites for hydroxylation is 1. The molecule has 0 saturated carbocycles. The predicted octanol–water partition coefficient (Wildman–Crippen LogP) is 2.04. The van der Waals surface area contributed by atoms with E-state index in [1.165, 1.54) is 0 Å². The van der Waals surface area contributed by atoms with E-state index in [1.54, 1.807) is 18.2 Å². The molecule has 0 radical (unpaired) electrons. The van der Waals surface area contributed by atoms with E-state index in [2.05, 4.69) is 0 Å². The number of carbonyl (C=O) groups is 1. The molecule has 1 fully saturated rings. The molecule has 104 valence electrons. The number of hydrogen-bond acceptors (Lipinski definition) is 3. The van der Waals surface area contributed by atoms with Gasteiger partial charge in [0.1, 0.15) is 5.75 Å². The smallest absolute Gasteiger partial charge is 0.257 e. The maximum atomic E-state index is 12.6. The molecule has 1 aliphatic heterocycles. The fourth-order valence-electron chi connectivity index (χ4n) is 2.74. The molecule has 1 atom stereocenters. The first kappa shape index (κ1) is 13.9. The topological polar surface area (TPSA) is 66.6 Å². The molecule has 0 aromatic heterocycles. The molecule has 19 heavy (non-hydrogen) atoms. The number of likely N-dealkylation sites (tertiary alicyclic amines) is 1. The lowest BCUT2D eigenvalue weighted by Gasteiger charge is -2.36. The lowest BCUT2D eigenvalue weighted by atomic mass is 9.97. The highest BCUT2D eigenvalue weighted by molar-refractivity contribution is 5.97. The quantitative estimate of drug-likeness (QED) is 0.876. The van der Waals surface area contributed by atoms with Crippen molar-refractivity contribution >= 4 is 5.91 Å². The van der Waals surface area contributed by atoms with Gasteiger partial charge in [0.2, 0.25) is 0 Å². The number of nitrogens with two attached hydrogens (primary N) is 1. The van der Waals surface area contributed by atoms with E-state index in [9.17, 15) is 9.90 Å². The van der Waals surface area contributed by atoms with E-state index >= 15 is 0 Å². The molecule has 1 heterocycles. The summed E-state index contributed by atoms with van der Waals surface area (Å²) in [6.45, 7) is 3.27. The summed E-state index contributed by atoms with van der Waals surface area (Å²) in [6.07, 6.45) is 4.02. The van der Waals surface area contributed by atoms with Gasteiger partial charge < -0.3 is 15.7 Å². The Morgan fingerprint density at radius 3 is 3.00 bits per heavy atom. The van der Waals surface area contributed by atoms with Crippen LogP contribution in [0.15, 0.2) is 18.2 Å². The van der Waals surface area contributed by atoms with Gasteiger partial charge in [-0.2, -0.15) is 0 Å². The zero-order valence-corrected chi connectivity index (χ0v) is 11.4. The van der Waals surface area contributed by atoms with Gasteiger partial charge in [0.25, 0.3) is 5.91 Å². The van der Waals surface area contributed by atoms with Gasteiger partial charge in [0.05, 0.1) is 5.56 Å². The van der Waals surface area contributed by atoms with Gasteiger partial charge in [-0.05, 0) is 51.3 Å². The molecule has 1 aliphatic rings. The summed E-state index contributed by atoms with van der Waals surface area (Å²) in [4.78, 5) is 14.5. The number of rotatable bonds is 3. The van der Waals surface area contributed by atoms with E-state index in [-0.39, 0.29) is 17.7 Å². The van der Waals surface area contributed by atoms with Crippen LogP contribution in [0.1, 0.15) is 41.6 Å². The third kappa shape index (κ3) is 3.07. The van der Waals surface area contributed by atoms with Crippen LogP contribution in [0.3, 0.4) is 0 Å². The number of phenols is 1. The van der Waals surface area contributed by atoms with Crippen molar-refractivity contribution in [1.82, 2.24) is 4.90 Å². The van der Waals surface area contributed by atoms with Crippen molar-refractivity contribution in [2.45, 2.75) is 38.6 Å². The lowest BCUT2D eigenvalue weighted by Crippen LogP contribution is -2.44. The summed E-state index contributed by atoms with van der Waals surface area (Å²) in [5.74, 6) is -0.00739. The minimum Gasteiger partial charge on any atom is -0.507 e. The monoisotopic (exact) mass is 262 g/mol. The minimum atomic E-state index is -0.0700. The molecule has 4 nitrogen and oxygen atoms in total. The molecular weight excluding hydrogens is 240 g/mol. The molecule has 3 N–H and O–H groups in total. The molecule has 1 aromatic carbocycles. The SMILES string of the molecule is Cc1ccc(O)c(C(=O)N2CCCCC2CCN)c1. The van der Waals surface area contributed by atoms with E-state index in [4.69, 9.17) is 5.73 Å². The average molecular weight is 262 g/mol. The molecule has 1 unspecified atom stereocenters. The average Bonchev–Trinajstić information content (AvgIpc) is 2.42. The van der Waals surface area contributed by atoms with Crippen molar-refractivity contribution in [1.29, 1.82) is 0 Å². The van der Waals surface area contributed by atoms with E-state index in [1.807, 2.05) is 11.8 Å². The summed E-state index contributed by atoms with van der Waals surface area (Å²) in [5.41, 5.74) is 7.01. The van der Waals surface area contributed by atoms with E-state index in [0.717, 1.165) is 37.8 Å². The van der Waals surface area contributed by atoms with Crippen molar-refractivity contribution in [2.24, 2.45) is 5.73 Å². The molecule has 1 saturated heterocycles. The van der Waals surface area contributed by atoms with Crippen molar-refractivity contribution < 1.29 is 9.90 Å². The Morgan fingerprint density at radius 1 is 1.47 bits per heavy atom. The summed E-state index contributed by atoms with van der Waals surface area (Å²) in [6, 6.07) is 5.36. The molecule has 1 aromatic rings. The molecule has 0 bridgehead atoms. The fraction of sp³-hybridized carbons (Fsp3) is 0.533. The first-order valence-electron chi connectivity index (χ1n) is 6.94. The van der Waals surface area contributed by atoms with Crippen molar-refractivity contribution in [3.63, 3.8) is 0 Å². The number of phenolic OH excluding ortho intramolecular Hbond substituents is 1. The van der Waals surface area contributed by atoms with Gasteiger partial charge >= 0.3 is 0 Å². The van der Waals surface area contributed by atoms with Gasteiger partial charge in [0, 0.05) is 12.6 Å². The van der Waals surface area contributed by atoms with Crippen LogP contribution in [0.25, 0.3) is 0 Å². The number of carbonyl (C=O) groups excluding carboxylic acids is 1. The summed E-state index contributed by atoms with van der Waals surface area (Å²) < 4.78 is 0. The normalized spacial score (nSPS) is 19.5. The summed E-state index contributed by atoms with van der Waals surface area (Å²) >= 11 is 0. The van der Waals surface area contributed by atoms with Crippen LogP contribution in [0.2, 0.25) is 0 Å². The largest absolute Gasteiger partial charge is 0.507 e. The van der Waals surface area contributed by atoms with Crippen LogP contribution in [-0.4, -0.2) is 35.0 Å². The standard InChI is InChI=1S/C15H22N2O2/c1-11-5-6-14(18)13(10-11)15(19)17-9-3-2-4-12(17)7-8-16/h5-6,10,12,18H,2-4,7-9,16H2,1H3. The number of amides is 1. The van der Waals surface area contributed by atoms with Gasteiger partial charge in [-0.15, -0.1) is 0 Å². The van der Waals surface area contributed by atoms with Gasteiger partial charge in [-0.1, -0.05) is 11.6 Å². The number of aromatic hydroxyl groups is 1. The summed E-state index contributed by atoms with van der Waals surface area (Å²) in [5, 5.41) is 9.88. The number of nitrogens with zero attached hydrogens (tertiary/aromatic N) is 1.